The molecule has 0 saturated heterocycles. The molecule has 0 amide bonds. The van der Waals surface area contributed by atoms with Crippen molar-refractivity contribution in [3.8, 4) is 0 Å². The molecule has 0 spiro atoms. The number of hydrogen-bond donors (Lipinski definition) is 2. The van der Waals surface area contributed by atoms with Gasteiger partial charge in [0.05, 0.1) is 0 Å². The first-order chi connectivity index (χ1) is 6.66. The van der Waals surface area contributed by atoms with E-state index < -0.39 is 6.67 Å². The van der Waals surface area contributed by atoms with E-state index >= 15 is 0 Å². The number of alkyl halides is 1. The van der Waals surface area contributed by atoms with Crippen LogP contribution in [-0.4, -0.2) is 26.1 Å². The van der Waals surface area contributed by atoms with Gasteiger partial charge in [-0.2, -0.15) is 0 Å². The minimum atomic E-state index is -0.414. The van der Waals surface area contributed by atoms with E-state index in [0.717, 1.165) is 5.69 Å². The number of halogens is 1. The summed E-state index contributed by atoms with van der Waals surface area (Å²) in [6.07, 6.45) is 0. The normalized spacial score (nSPS) is 9.86. The molecular weight excluding hydrogens is 181 g/mol. The van der Waals surface area contributed by atoms with E-state index in [0.29, 0.717) is 12.1 Å². The van der Waals surface area contributed by atoms with Gasteiger partial charge in [0.1, 0.15) is 12.5 Å². The Balaban J connectivity index is 3.00. The molecule has 1 aromatic rings. The van der Waals surface area contributed by atoms with Gasteiger partial charge in [-0.25, -0.2) is 4.39 Å². The maximum Gasteiger partial charge on any atom is 0.124 e. The van der Waals surface area contributed by atoms with E-state index in [2.05, 4.69) is 0 Å². The highest BCUT2D eigenvalue weighted by Gasteiger charge is 2.07. The average Bonchev–Trinajstić information content (AvgIpc) is 2.18. The van der Waals surface area contributed by atoms with Gasteiger partial charge in [0.15, 0.2) is 0 Å². The molecule has 0 aliphatic carbocycles. The summed E-state index contributed by atoms with van der Waals surface area (Å²) in [6, 6.07) is 7.23. The molecule has 0 atom stereocenters. The van der Waals surface area contributed by atoms with Crippen molar-refractivity contribution in [2.45, 2.75) is 0 Å². The molecule has 3 N–H and O–H groups in total. The SMILES string of the molecule is CN(CCF)c1ccccc1C(=N)N. The lowest BCUT2D eigenvalue weighted by molar-refractivity contribution is 0.497. The first-order valence-electron chi connectivity index (χ1n) is 4.37. The Morgan fingerprint density at radius 1 is 1.50 bits per heavy atom. The zero-order chi connectivity index (χ0) is 10.6. The van der Waals surface area contributed by atoms with Gasteiger partial charge >= 0.3 is 0 Å². The summed E-state index contributed by atoms with van der Waals surface area (Å²) in [7, 11) is 1.78. The van der Waals surface area contributed by atoms with E-state index in [1.54, 1.807) is 18.0 Å². The number of nitrogens with one attached hydrogen (secondary N) is 1. The number of amidine groups is 1. The van der Waals surface area contributed by atoms with Crippen LogP contribution >= 0.6 is 0 Å². The monoisotopic (exact) mass is 195 g/mol. The Labute approximate surface area is 82.8 Å². The second kappa shape index (κ2) is 4.60. The van der Waals surface area contributed by atoms with E-state index in [1.807, 2.05) is 18.2 Å². The smallest absolute Gasteiger partial charge is 0.124 e. The Hall–Kier alpha value is -1.58. The van der Waals surface area contributed by atoms with Gasteiger partial charge in [0, 0.05) is 24.8 Å². The van der Waals surface area contributed by atoms with Crippen molar-refractivity contribution in [3.05, 3.63) is 29.8 Å². The van der Waals surface area contributed by atoms with Crippen LogP contribution in [0.1, 0.15) is 5.56 Å². The van der Waals surface area contributed by atoms with Crippen LogP contribution in [0.4, 0.5) is 10.1 Å². The van der Waals surface area contributed by atoms with Gasteiger partial charge in [-0.1, -0.05) is 12.1 Å². The highest BCUT2D eigenvalue weighted by molar-refractivity contribution is 6.00. The summed E-state index contributed by atoms with van der Waals surface area (Å²) < 4.78 is 12.1. The molecule has 1 aromatic carbocycles. The second-order valence-corrected chi connectivity index (χ2v) is 3.04. The van der Waals surface area contributed by atoms with Crippen LogP contribution in [0.5, 0.6) is 0 Å². The highest BCUT2D eigenvalue weighted by Crippen LogP contribution is 2.17. The number of nitrogens with two attached hydrogens (primary N) is 1. The molecule has 0 unspecified atom stereocenters. The summed E-state index contributed by atoms with van der Waals surface area (Å²) in [6.45, 7) is -0.104. The number of nitrogens with zero attached hydrogens (tertiary/aromatic N) is 1. The predicted molar refractivity (Wildman–Crippen MR) is 56.7 cm³/mol. The summed E-state index contributed by atoms with van der Waals surface area (Å²) in [5.74, 6) is 0.00584. The molecule has 0 saturated carbocycles. The van der Waals surface area contributed by atoms with Crippen molar-refractivity contribution in [1.82, 2.24) is 0 Å². The van der Waals surface area contributed by atoms with Crippen LogP contribution in [-0.2, 0) is 0 Å². The van der Waals surface area contributed by atoms with Crippen LogP contribution in [0.3, 0.4) is 0 Å². The number of hydrogen-bond acceptors (Lipinski definition) is 2. The third-order valence-corrected chi connectivity index (χ3v) is 2.03. The number of benzene rings is 1. The fourth-order valence-corrected chi connectivity index (χ4v) is 1.28. The van der Waals surface area contributed by atoms with Crippen LogP contribution < -0.4 is 10.6 Å². The quantitative estimate of drug-likeness (QED) is 0.563. The summed E-state index contributed by atoms with van der Waals surface area (Å²) in [5.41, 5.74) is 6.84. The van der Waals surface area contributed by atoms with Crippen molar-refractivity contribution in [1.29, 1.82) is 5.41 Å². The molecule has 0 aliphatic heterocycles. The van der Waals surface area contributed by atoms with Gasteiger partial charge in [0.25, 0.3) is 0 Å². The summed E-state index contributed by atoms with van der Waals surface area (Å²) >= 11 is 0. The maximum atomic E-state index is 12.1. The molecule has 0 aromatic heterocycles. The predicted octanol–water partition coefficient (Wildman–Crippen LogP) is 1.38. The molecule has 14 heavy (non-hydrogen) atoms. The van der Waals surface area contributed by atoms with Crippen molar-refractivity contribution < 1.29 is 4.39 Å². The van der Waals surface area contributed by atoms with Gasteiger partial charge in [-0.15, -0.1) is 0 Å². The van der Waals surface area contributed by atoms with E-state index in [-0.39, 0.29) is 5.84 Å². The lowest BCUT2D eigenvalue weighted by Gasteiger charge is -2.20. The number of para-hydroxylation sites is 1. The van der Waals surface area contributed by atoms with Gasteiger partial charge < -0.3 is 10.6 Å². The van der Waals surface area contributed by atoms with E-state index in [9.17, 15) is 4.39 Å². The molecule has 1 rings (SSSR count). The van der Waals surface area contributed by atoms with Crippen LogP contribution in [0, 0.1) is 5.41 Å². The van der Waals surface area contributed by atoms with Crippen molar-refractivity contribution in [2.75, 3.05) is 25.2 Å². The Morgan fingerprint density at radius 2 is 2.14 bits per heavy atom. The van der Waals surface area contributed by atoms with Crippen molar-refractivity contribution in [3.63, 3.8) is 0 Å². The van der Waals surface area contributed by atoms with Gasteiger partial charge in [0.2, 0.25) is 0 Å². The first kappa shape index (κ1) is 10.5. The zero-order valence-electron chi connectivity index (χ0n) is 8.13. The molecule has 0 radical (unpaired) electrons. The minimum absolute atomic E-state index is 0.00584. The largest absolute Gasteiger partial charge is 0.384 e. The molecular formula is C10H14FN3. The standard InChI is InChI=1S/C10H14FN3/c1-14(7-6-11)9-5-3-2-4-8(9)10(12)13/h2-5H,6-7H2,1H3,(H3,12,13). The number of rotatable bonds is 4. The second-order valence-electron chi connectivity index (χ2n) is 3.04. The van der Waals surface area contributed by atoms with Crippen LogP contribution in [0.25, 0.3) is 0 Å². The van der Waals surface area contributed by atoms with Gasteiger partial charge in [-0.3, -0.25) is 5.41 Å². The highest BCUT2D eigenvalue weighted by atomic mass is 19.1. The number of nitrogen functional groups attached to an aromatic ring is 1. The van der Waals surface area contributed by atoms with E-state index in [4.69, 9.17) is 11.1 Å². The lowest BCUT2D eigenvalue weighted by atomic mass is 10.1. The topological polar surface area (TPSA) is 53.1 Å². The molecule has 0 aliphatic rings. The minimum Gasteiger partial charge on any atom is -0.384 e. The van der Waals surface area contributed by atoms with E-state index in [1.165, 1.54) is 0 Å². The summed E-state index contributed by atoms with van der Waals surface area (Å²) in [5, 5.41) is 7.36. The molecule has 76 valence electrons. The average molecular weight is 195 g/mol. The molecule has 0 heterocycles. The fraction of sp³-hybridized carbons (Fsp3) is 0.300. The van der Waals surface area contributed by atoms with Crippen molar-refractivity contribution in [2.24, 2.45) is 5.73 Å². The fourth-order valence-electron chi connectivity index (χ4n) is 1.28. The lowest BCUT2D eigenvalue weighted by Crippen LogP contribution is -2.24. The molecule has 0 bridgehead atoms. The van der Waals surface area contributed by atoms with Crippen LogP contribution in [0.2, 0.25) is 0 Å². The molecule has 3 nitrogen and oxygen atoms in total. The van der Waals surface area contributed by atoms with Crippen LogP contribution in [0.15, 0.2) is 24.3 Å². The zero-order valence-corrected chi connectivity index (χ0v) is 8.13. The van der Waals surface area contributed by atoms with Gasteiger partial charge in [-0.05, 0) is 12.1 Å². The number of anilines is 1. The summed E-state index contributed by atoms with van der Waals surface area (Å²) in [4.78, 5) is 1.75. The third kappa shape index (κ3) is 2.22. The maximum absolute atomic E-state index is 12.1. The van der Waals surface area contributed by atoms with Crippen molar-refractivity contribution >= 4 is 11.5 Å². The Bertz CT molecular complexity index is 325. The Morgan fingerprint density at radius 3 is 2.71 bits per heavy atom. The molecule has 4 heteroatoms. The molecule has 0 fully saturated rings. The Kier molecular flexibility index (Phi) is 3.45. The first-order valence-corrected chi connectivity index (χ1v) is 4.37. The third-order valence-electron chi connectivity index (χ3n) is 2.03.